The minimum atomic E-state index is -3.82. The van der Waals surface area contributed by atoms with E-state index in [4.69, 9.17) is 15.2 Å². The first kappa shape index (κ1) is 20.6. The van der Waals surface area contributed by atoms with E-state index in [0.29, 0.717) is 32.7 Å². The summed E-state index contributed by atoms with van der Waals surface area (Å²) in [5, 5.41) is 0. The summed E-state index contributed by atoms with van der Waals surface area (Å²) < 4.78 is 38.0. The summed E-state index contributed by atoms with van der Waals surface area (Å²) in [6, 6.07) is 4.08. The zero-order valence-electron chi connectivity index (χ0n) is 15.8. The van der Waals surface area contributed by atoms with Crippen molar-refractivity contribution in [2.45, 2.75) is 30.8 Å². The quantitative estimate of drug-likeness (QED) is 0.714. The molecule has 2 N–H and O–H groups in total. The summed E-state index contributed by atoms with van der Waals surface area (Å²) in [5.41, 5.74) is 5.39. The van der Waals surface area contributed by atoms with Crippen molar-refractivity contribution < 1.29 is 27.5 Å². The van der Waals surface area contributed by atoms with Crippen molar-refractivity contribution >= 4 is 21.8 Å². The second kappa shape index (κ2) is 8.46. The van der Waals surface area contributed by atoms with Gasteiger partial charge in [0.1, 0.15) is 11.9 Å². The highest BCUT2D eigenvalue weighted by atomic mass is 32.2. The molecule has 2 aliphatic rings. The molecule has 0 saturated carbocycles. The summed E-state index contributed by atoms with van der Waals surface area (Å²) in [4.78, 5) is 25.7. The molecule has 1 aromatic rings. The van der Waals surface area contributed by atoms with Crippen LogP contribution in [0.5, 0.6) is 5.75 Å². The number of benzene rings is 1. The van der Waals surface area contributed by atoms with Gasteiger partial charge in [-0.25, -0.2) is 8.42 Å². The fourth-order valence-corrected chi connectivity index (χ4v) is 4.87. The Hall–Kier alpha value is -2.17. The first-order chi connectivity index (χ1) is 13.3. The Balaban J connectivity index is 1.72. The van der Waals surface area contributed by atoms with Crippen LogP contribution in [0, 0.1) is 0 Å². The van der Waals surface area contributed by atoms with E-state index >= 15 is 0 Å². The Morgan fingerprint density at radius 3 is 2.54 bits per heavy atom. The highest BCUT2D eigenvalue weighted by molar-refractivity contribution is 7.89. The van der Waals surface area contributed by atoms with Crippen LogP contribution < -0.4 is 10.5 Å². The van der Waals surface area contributed by atoms with E-state index in [1.165, 1.54) is 22.5 Å². The molecule has 2 aliphatic heterocycles. The second-order valence-electron chi connectivity index (χ2n) is 6.69. The number of nitrogens with zero attached hydrogens (tertiary/aromatic N) is 2. The average Bonchev–Trinajstić information content (AvgIpc) is 3.22. The zero-order chi connectivity index (χ0) is 20.3. The Morgan fingerprint density at radius 2 is 1.96 bits per heavy atom. The molecular weight excluding hydrogens is 386 g/mol. The van der Waals surface area contributed by atoms with Crippen molar-refractivity contribution in [3.05, 3.63) is 23.8 Å². The molecule has 1 unspecified atom stereocenters. The average molecular weight is 411 g/mol. The van der Waals surface area contributed by atoms with Crippen molar-refractivity contribution in [3.63, 3.8) is 0 Å². The second-order valence-corrected chi connectivity index (χ2v) is 8.62. The Morgan fingerprint density at radius 1 is 1.25 bits per heavy atom. The molecule has 9 nitrogen and oxygen atoms in total. The van der Waals surface area contributed by atoms with Crippen LogP contribution >= 0.6 is 0 Å². The molecule has 28 heavy (non-hydrogen) atoms. The third-order valence-electron chi connectivity index (χ3n) is 4.91. The van der Waals surface area contributed by atoms with Crippen LogP contribution in [0.1, 0.15) is 30.1 Å². The number of hydrogen-bond donors (Lipinski definition) is 1. The maximum absolute atomic E-state index is 13.0. The van der Waals surface area contributed by atoms with E-state index in [1.54, 1.807) is 11.8 Å². The van der Waals surface area contributed by atoms with Crippen LogP contribution in [0.4, 0.5) is 0 Å². The van der Waals surface area contributed by atoms with Crippen LogP contribution in [0.15, 0.2) is 23.1 Å². The number of carbonyl (C=O) groups excluding carboxylic acids is 2. The molecule has 0 aliphatic carbocycles. The lowest BCUT2D eigenvalue weighted by molar-refractivity contribution is -0.142. The fraction of sp³-hybridized carbons (Fsp3) is 0.556. The van der Waals surface area contributed by atoms with E-state index in [1.807, 2.05) is 0 Å². The number of rotatable bonds is 6. The van der Waals surface area contributed by atoms with Crippen LogP contribution in [-0.2, 0) is 19.6 Å². The zero-order valence-corrected chi connectivity index (χ0v) is 16.6. The van der Waals surface area contributed by atoms with Gasteiger partial charge in [0, 0.05) is 32.8 Å². The van der Waals surface area contributed by atoms with Gasteiger partial charge in [0.15, 0.2) is 0 Å². The molecule has 2 heterocycles. The highest BCUT2D eigenvalue weighted by Gasteiger charge is 2.34. The van der Waals surface area contributed by atoms with Crippen molar-refractivity contribution in [2.75, 3.05) is 39.4 Å². The Labute approximate surface area is 164 Å². The SMILES string of the molecule is CCOc1ccc(S(=O)(=O)N2CCN(C(=O)C3CCCO3)CC2)cc1C(N)=O. The molecule has 1 atom stereocenters. The Bertz CT molecular complexity index is 843. The first-order valence-corrected chi connectivity index (χ1v) is 10.8. The van der Waals surface area contributed by atoms with Crippen molar-refractivity contribution in [3.8, 4) is 5.75 Å². The number of nitrogens with two attached hydrogens (primary N) is 1. The van der Waals surface area contributed by atoms with Gasteiger partial charge in [-0.2, -0.15) is 4.31 Å². The maximum Gasteiger partial charge on any atom is 0.252 e. The number of sulfonamides is 1. The van der Waals surface area contributed by atoms with Crippen molar-refractivity contribution in [1.29, 1.82) is 0 Å². The molecule has 2 amide bonds. The number of ether oxygens (including phenoxy) is 2. The molecule has 154 valence electrons. The molecule has 2 fully saturated rings. The smallest absolute Gasteiger partial charge is 0.252 e. The predicted molar refractivity (Wildman–Crippen MR) is 100 cm³/mol. The predicted octanol–water partition coefficient (Wildman–Crippen LogP) is 0.196. The van der Waals surface area contributed by atoms with Gasteiger partial charge in [-0.05, 0) is 38.0 Å². The number of piperazine rings is 1. The Kier molecular flexibility index (Phi) is 6.21. The minimum Gasteiger partial charge on any atom is -0.493 e. The molecule has 2 saturated heterocycles. The number of hydrogen-bond acceptors (Lipinski definition) is 6. The number of primary amides is 1. The lowest BCUT2D eigenvalue weighted by Crippen LogP contribution is -2.52. The maximum atomic E-state index is 13.0. The topological polar surface area (TPSA) is 119 Å². The summed E-state index contributed by atoms with van der Waals surface area (Å²) >= 11 is 0. The van der Waals surface area contributed by atoms with Crippen molar-refractivity contribution in [1.82, 2.24) is 9.21 Å². The fourth-order valence-electron chi connectivity index (χ4n) is 3.42. The molecule has 0 aromatic heterocycles. The van der Waals surface area contributed by atoms with E-state index in [9.17, 15) is 18.0 Å². The van der Waals surface area contributed by atoms with Crippen molar-refractivity contribution in [2.24, 2.45) is 5.73 Å². The third-order valence-corrected chi connectivity index (χ3v) is 6.80. The van der Waals surface area contributed by atoms with E-state index in [2.05, 4.69) is 0 Å². The number of carbonyl (C=O) groups is 2. The van der Waals surface area contributed by atoms with Gasteiger partial charge in [0.05, 0.1) is 17.1 Å². The van der Waals surface area contributed by atoms with Crippen LogP contribution in [0.3, 0.4) is 0 Å². The summed E-state index contributed by atoms with van der Waals surface area (Å²) in [6.07, 6.45) is 1.16. The lowest BCUT2D eigenvalue weighted by atomic mass is 10.2. The van der Waals surface area contributed by atoms with Gasteiger partial charge < -0.3 is 20.1 Å². The molecule has 0 spiro atoms. The van der Waals surface area contributed by atoms with Crippen LogP contribution in [0.25, 0.3) is 0 Å². The van der Waals surface area contributed by atoms with Crippen LogP contribution in [0.2, 0.25) is 0 Å². The van der Waals surface area contributed by atoms with E-state index in [0.717, 1.165) is 6.42 Å². The molecule has 3 rings (SSSR count). The largest absolute Gasteiger partial charge is 0.493 e. The van der Waals surface area contributed by atoms with E-state index < -0.39 is 22.0 Å². The highest BCUT2D eigenvalue weighted by Crippen LogP contribution is 2.25. The lowest BCUT2D eigenvalue weighted by Gasteiger charge is -2.35. The summed E-state index contributed by atoms with van der Waals surface area (Å²) in [5.74, 6) is -0.583. The minimum absolute atomic E-state index is 0.0233. The first-order valence-electron chi connectivity index (χ1n) is 9.31. The normalized spacial score (nSPS) is 20.9. The molecular formula is C18H25N3O6S. The third kappa shape index (κ3) is 4.13. The molecule has 0 radical (unpaired) electrons. The monoisotopic (exact) mass is 411 g/mol. The summed E-state index contributed by atoms with van der Waals surface area (Å²) in [7, 11) is -3.82. The number of amides is 2. The molecule has 1 aromatic carbocycles. The van der Waals surface area contributed by atoms with Gasteiger partial charge in [-0.15, -0.1) is 0 Å². The van der Waals surface area contributed by atoms with Gasteiger partial charge in [-0.3, -0.25) is 9.59 Å². The van der Waals surface area contributed by atoms with Gasteiger partial charge in [0.25, 0.3) is 11.8 Å². The summed E-state index contributed by atoms with van der Waals surface area (Å²) in [6.45, 7) is 3.64. The van der Waals surface area contributed by atoms with Gasteiger partial charge >= 0.3 is 0 Å². The standard InChI is InChI=1S/C18H25N3O6S/c1-2-26-15-6-5-13(12-14(15)17(19)22)28(24,25)21-9-7-20(8-10-21)18(23)16-4-3-11-27-16/h5-6,12,16H,2-4,7-11H2,1H3,(H2,19,22). The van der Waals surface area contributed by atoms with Gasteiger partial charge in [-0.1, -0.05) is 0 Å². The van der Waals surface area contributed by atoms with Gasteiger partial charge in [0.2, 0.25) is 10.0 Å². The molecule has 0 bridgehead atoms. The molecule has 10 heteroatoms. The van der Waals surface area contributed by atoms with E-state index in [-0.39, 0.29) is 35.2 Å². The van der Waals surface area contributed by atoms with Crippen LogP contribution in [-0.4, -0.2) is 74.9 Å².